The van der Waals surface area contributed by atoms with Crippen LogP contribution in [0.5, 0.6) is 5.75 Å². The molecular weight excluding hydrogens is 290 g/mol. The van der Waals surface area contributed by atoms with Crippen molar-refractivity contribution in [1.29, 1.82) is 0 Å². The average molecular weight is 309 g/mol. The number of nitrogens with zero attached hydrogens (tertiary/aromatic N) is 1. The van der Waals surface area contributed by atoms with E-state index in [1.807, 2.05) is 36.4 Å². The van der Waals surface area contributed by atoms with Crippen molar-refractivity contribution in [3.8, 4) is 5.75 Å². The van der Waals surface area contributed by atoms with Gasteiger partial charge in [-0.1, -0.05) is 25.5 Å². The lowest BCUT2D eigenvalue weighted by atomic mass is 9.97. The number of pyridine rings is 1. The maximum Gasteiger partial charge on any atom is 0.339 e. The van der Waals surface area contributed by atoms with Gasteiger partial charge in [0.1, 0.15) is 12.4 Å². The number of benzene rings is 1. The van der Waals surface area contributed by atoms with Gasteiger partial charge in [-0.15, -0.1) is 0 Å². The molecule has 0 amide bonds. The average Bonchev–Trinajstić information content (AvgIpc) is 2.98. The third-order valence-electron chi connectivity index (χ3n) is 3.79. The highest BCUT2D eigenvalue weighted by atomic mass is 16.5. The zero-order valence-corrected chi connectivity index (χ0v) is 13.1. The minimum absolute atomic E-state index is 0.281. The molecule has 118 valence electrons. The van der Waals surface area contributed by atoms with Gasteiger partial charge in [-0.2, -0.15) is 0 Å². The van der Waals surface area contributed by atoms with Gasteiger partial charge in [-0.05, 0) is 41.8 Å². The zero-order valence-electron chi connectivity index (χ0n) is 13.1. The number of esters is 1. The lowest BCUT2D eigenvalue weighted by molar-refractivity contribution is -0.133. The number of carbonyl (C=O) groups excluding carboxylic acids is 1. The number of aromatic nitrogens is 1. The van der Waals surface area contributed by atoms with E-state index in [2.05, 4.69) is 11.9 Å². The quantitative estimate of drug-likeness (QED) is 0.602. The molecule has 0 bridgehead atoms. The Kier molecular flexibility index (Phi) is 4.71. The molecule has 2 heterocycles. The van der Waals surface area contributed by atoms with Crippen molar-refractivity contribution >= 4 is 17.1 Å². The fraction of sp³-hybridized carbons (Fsp3) is 0.263. The fourth-order valence-electron chi connectivity index (χ4n) is 2.53. The summed E-state index contributed by atoms with van der Waals surface area (Å²) in [6, 6.07) is 11.4. The summed E-state index contributed by atoms with van der Waals surface area (Å²) in [6.07, 6.45) is 5.57. The number of rotatable bonds is 6. The normalized spacial score (nSPS) is 14.0. The molecule has 1 aliphatic heterocycles. The van der Waals surface area contributed by atoms with E-state index in [4.69, 9.17) is 9.47 Å². The molecule has 4 heteroatoms. The van der Waals surface area contributed by atoms with Gasteiger partial charge in [0.15, 0.2) is 0 Å². The Hall–Kier alpha value is -2.62. The second-order valence-electron chi connectivity index (χ2n) is 5.39. The van der Waals surface area contributed by atoms with Gasteiger partial charge in [0.05, 0.1) is 12.2 Å². The van der Waals surface area contributed by atoms with Crippen molar-refractivity contribution < 1.29 is 14.3 Å². The van der Waals surface area contributed by atoms with Crippen LogP contribution in [0.1, 0.15) is 30.9 Å². The third kappa shape index (κ3) is 3.42. The van der Waals surface area contributed by atoms with Gasteiger partial charge >= 0.3 is 5.97 Å². The molecule has 0 aliphatic carbocycles. The summed E-state index contributed by atoms with van der Waals surface area (Å²) >= 11 is 0. The fourth-order valence-corrected chi connectivity index (χ4v) is 2.53. The first kappa shape index (κ1) is 15.3. The topological polar surface area (TPSA) is 48.4 Å². The maximum atomic E-state index is 12.1. The second-order valence-corrected chi connectivity index (χ2v) is 5.39. The first-order chi connectivity index (χ1) is 11.3. The molecule has 0 N–H and O–H groups in total. The Morgan fingerprint density at radius 3 is 2.52 bits per heavy atom. The number of cyclic esters (lactones) is 1. The molecule has 2 aromatic rings. The Labute approximate surface area is 135 Å². The standard InChI is InChI=1S/C19H19NO3/c1-2-3-12-22-16-6-4-15(5-7-16)18-17(13-23-19(18)21)14-8-10-20-11-9-14/h4-11H,2-3,12-13H2,1H3. The zero-order chi connectivity index (χ0) is 16.1. The molecule has 1 aromatic carbocycles. The Morgan fingerprint density at radius 2 is 1.83 bits per heavy atom. The van der Waals surface area contributed by atoms with E-state index < -0.39 is 0 Å². The van der Waals surface area contributed by atoms with Gasteiger partial charge in [0.2, 0.25) is 0 Å². The number of hydrogen-bond acceptors (Lipinski definition) is 4. The molecule has 4 nitrogen and oxygen atoms in total. The van der Waals surface area contributed by atoms with Crippen molar-refractivity contribution in [3.63, 3.8) is 0 Å². The molecule has 0 saturated heterocycles. The number of unbranched alkanes of at least 4 members (excludes halogenated alkanes) is 1. The third-order valence-corrected chi connectivity index (χ3v) is 3.79. The Bertz CT molecular complexity index is 705. The van der Waals surface area contributed by atoms with Crippen molar-refractivity contribution in [3.05, 3.63) is 59.9 Å². The summed E-state index contributed by atoms with van der Waals surface area (Å²) < 4.78 is 10.9. The van der Waals surface area contributed by atoms with Gasteiger partial charge in [-0.25, -0.2) is 4.79 Å². The van der Waals surface area contributed by atoms with Crippen LogP contribution in [0, 0.1) is 0 Å². The van der Waals surface area contributed by atoms with E-state index in [0.717, 1.165) is 35.3 Å². The number of ether oxygens (including phenoxy) is 2. The molecular formula is C19H19NO3. The summed E-state index contributed by atoms with van der Waals surface area (Å²) in [5, 5.41) is 0. The summed E-state index contributed by atoms with van der Waals surface area (Å²) in [5.41, 5.74) is 3.33. The van der Waals surface area contributed by atoms with Gasteiger partial charge in [-0.3, -0.25) is 4.98 Å². The van der Waals surface area contributed by atoms with E-state index >= 15 is 0 Å². The molecule has 1 aromatic heterocycles. The first-order valence-electron chi connectivity index (χ1n) is 7.83. The number of carbonyl (C=O) groups is 1. The summed E-state index contributed by atoms with van der Waals surface area (Å²) in [5.74, 6) is 0.538. The molecule has 1 aliphatic rings. The van der Waals surface area contributed by atoms with Crippen LogP contribution < -0.4 is 4.74 Å². The van der Waals surface area contributed by atoms with Gasteiger partial charge in [0.25, 0.3) is 0 Å². The van der Waals surface area contributed by atoms with Crippen LogP contribution in [0.25, 0.3) is 11.1 Å². The molecule has 0 saturated carbocycles. The van der Waals surface area contributed by atoms with Crippen molar-refractivity contribution in [2.75, 3.05) is 13.2 Å². The predicted octanol–water partition coefficient (Wildman–Crippen LogP) is 3.73. The van der Waals surface area contributed by atoms with Gasteiger partial charge < -0.3 is 9.47 Å². The SMILES string of the molecule is CCCCOc1ccc(C2=C(c3ccncc3)COC2=O)cc1. The lowest BCUT2D eigenvalue weighted by Gasteiger charge is -2.07. The van der Waals surface area contributed by atoms with Crippen LogP contribution in [-0.4, -0.2) is 24.2 Å². The Morgan fingerprint density at radius 1 is 1.09 bits per heavy atom. The van der Waals surface area contributed by atoms with Crippen LogP contribution in [0.2, 0.25) is 0 Å². The summed E-state index contributed by atoms with van der Waals surface area (Å²) in [4.78, 5) is 16.1. The van der Waals surface area contributed by atoms with Crippen LogP contribution in [-0.2, 0) is 9.53 Å². The lowest BCUT2D eigenvalue weighted by Crippen LogP contribution is -1.99. The smallest absolute Gasteiger partial charge is 0.339 e. The maximum absolute atomic E-state index is 12.1. The minimum atomic E-state index is -0.281. The largest absolute Gasteiger partial charge is 0.494 e. The van der Waals surface area contributed by atoms with Crippen LogP contribution >= 0.6 is 0 Å². The second kappa shape index (κ2) is 7.09. The molecule has 0 spiro atoms. The molecule has 0 unspecified atom stereocenters. The molecule has 0 atom stereocenters. The van der Waals surface area contributed by atoms with E-state index in [9.17, 15) is 4.79 Å². The summed E-state index contributed by atoms with van der Waals surface area (Å²) in [7, 11) is 0. The predicted molar refractivity (Wildman–Crippen MR) is 88.9 cm³/mol. The number of hydrogen-bond donors (Lipinski definition) is 0. The van der Waals surface area contributed by atoms with Crippen LogP contribution in [0.3, 0.4) is 0 Å². The molecule has 0 fully saturated rings. The molecule has 0 radical (unpaired) electrons. The van der Waals surface area contributed by atoms with E-state index in [0.29, 0.717) is 18.8 Å². The monoisotopic (exact) mass is 309 g/mol. The first-order valence-corrected chi connectivity index (χ1v) is 7.83. The molecule has 3 rings (SSSR count). The summed E-state index contributed by atoms with van der Waals surface area (Å²) in [6.45, 7) is 3.14. The van der Waals surface area contributed by atoms with E-state index in [1.54, 1.807) is 12.4 Å². The Balaban J connectivity index is 1.87. The highest BCUT2D eigenvalue weighted by molar-refractivity contribution is 6.27. The van der Waals surface area contributed by atoms with Crippen molar-refractivity contribution in [2.45, 2.75) is 19.8 Å². The highest BCUT2D eigenvalue weighted by Crippen LogP contribution is 2.33. The van der Waals surface area contributed by atoms with Crippen LogP contribution in [0.15, 0.2) is 48.8 Å². The van der Waals surface area contributed by atoms with Crippen molar-refractivity contribution in [2.24, 2.45) is 0 Å². The highest BCUT2D eigenvalue weighted by Gasteiger charge is 2.27. The van der Waals surface area contributed by atoms with Crippen LogP contribution in [0.4, 0.5) is 0 Å². The minimum Gasteiger partial charge on any atom is -0.494 e. The van der Waals surface area contributed by atoms with Crippen molar-refractivity contribution in [1.82, 2.24) is 4.98 Å². The molecule has 23 heavy (non-hydrogen) atoms. The van der Waals surface area contributed by atoms with Gasteiger partial charge in [0, 0.05) is 18.0 Å². The van der Waals surface area contributed by atoms with E-state index in [-0.39, 0.29) is 5.97 Å². The van der Waals surface area contributed by atoms with E-state index in [1.165, 1.54) is 0 Å².